The van der Waals surface area contributed by atoms with Gasteiger partial charge in [0.2, 0.25) is 6.41 Å². The molecule has 0 bridgehead atoms. The van der Waals surface area contributed by atoms with Crippen molar-refractivity contribution in [2.24, 2.45) is 7.05 Å². The zero-order valence-electron chi connectivity index (χ0n) is 18.8. The Labute approximate surface area is 183 Å². The molecule has 8 nitrogen and oxygen atoms in total. The van der Waals surface area contributed by atoms with Gasteiger partial charge in [-0.05, 0) is 26.0 Å². The zero-order valence-corrected chi connectivity index (χ0v) is 18.8. The van der Waals surface area contributed by atoms with Crippen LogP contribution in [-0.2, 0) is 24.8 Å². The number of nitrogens with zero attached hydrogens (tertiary/aromatic N) is 6. The van der Waals surface area contributed by atoms with Crippen molar-refractivity contribution >= 4 is 17.9 Å². The van der Waals surface area contributed by atoms with E-state index in [1.807, 2.05) is 50.0 Å². The highest BCUT2D eigenvalue weighted by Gasteiger charge is 2.25. The summed E-state index contributed by atoms with van der Waals surface area (Å²) in [6.45, 7) is 9.43. The lowest BCUT2D eigenvalue weighted by Crippen LogP contribution is -2.30. The summed E-state index contributed by atoms with van der Waals surface area (Å²) in [6.07, 6.45) is 5.30. The molecule has 8 heteroatoms. The van der Waals surface area contributed by atoms with Crippen LogP contribution in [-0.4, -0.2) is 37.4 Å². The van der Waals surface area contributed by atoms with E-state index in [1.54, 1.807) is 15.8 Å². The lowest BCUT2D eigenvalue weighted by Gasteiger charge is -2.24. The maximum Gasteiger partial charge on any atom is 0.210 e. The molecule has 0 spiro atoms. The summed E-state index contributed by atoms with van der Waals surface area (Å²) in [7, 11) is 1.85. The maximum absolute atomic E-state index is 11.3. The summed E-state index contributed by atoms with van der Waals surface area (Å²) in [5, 5.41) is 22.0. The molecule has 0 saturated carbocycles. The number of hydrogen-bond acceptors (Lipinski definition) is 5. The molecule has 1 aliphatic rings. The second-order valence-corrected chi connectivity index (χ2v) is 7.54. The predicted molar refractivity (Wildman–Crippen MR) is 121 cm³/mol. The van der Waals surface area contributed by atoms with Gasteiger partial charge in [-0.25, -0.2) is 0 Å². The normalized spacial score (nSPS) is 12.6. The van der Waals surface area contributed by atoms with Crippen LogP contribution in [0.15, 0.2) is 30.6 Å². The molecule has 1 amide bonds. The molecule has 4 rings (SSSR count). The molecule has 3 aromatic rings. The molecule has 0 unspecified atom stereocenters. The van der Waals surface area contributed by atoms with E-state index in [4.69, 9.17) is 5.10 Å². The highest BCUT2D eigenvalue weighted by Crippen LogP contribution is 2.32. The third-order valence-electron chi connectivity index (χ3n) is 5.17. The topological polar surface area (TPSA) is 91.8 Å². The van der Waals surface area contributed by atoms with Gasteiger partial charge in [0, 0.05) is 60.3 Å². The quantitative estimate of drug-likeness (QED) is 0.631. The van der Waals surface area contributed by atoms with Crippen molar-refractivity contribution in [2.45, 2.75) is 46.7 Å². The monoisotopic (exact) mass is 419 g/mol. The minimum Gasteiger partial charge on any atom is -0.340 e. The first-order valence-electron chi connectivity index (χ1n) is 10.6. The van der Waals surface area contributed by atoms with Crippen LogP contribution in [0.4, 0.5) is 11.5 Å². The van der Waals surface area contributed by atoms with Gasteiger partial charge in [-0.3, -0.25) is 14.2 Å². The van der Waals surface area contributed by atoms with Gasteiger partial charge in [-0.1, -0.05) is 19.9 Å². The average Bonchev–Trinajstić information content (AvgIpc) is 3.38. The van der Waals surface area contributed by atoms with Gasteiger partial charge < -0.3 is 10.2 Å². The SMILES string of the molecule is CC.CC(C)n1nc(Nc2ccc(-c3cnn(C)c3)c(C#N)c2)c2c1CCN(C=O)C2. The molecule has 2 aromatic heterocycles. The summed E-state index contributed by atoms with van der Waals surface area (Å²) in [5.41, 5.74) is 5.29. The molecular formula is C23H29N7O. The standard InChI is InChI=1S/C21H23N7O.C2H6/c1-14(2)28-20-6-7-27(13-29)12-19(20)21(25-28)24-17-4-5-18(15(8-17)9-22)16-10-23-26(3)11-16;1-2/h4-5,8,10-11,13-14H,6-7,12H2,1-3H3,(H,24,25);1-2H3. The van der Waals surface area contributed by atoms with Crippen LogP contribution in [0, 0.1) is 11.3 Å². The van der Waals surface area contributed by atoms with E-state index >= 15 is 0 Å². The Morgan fingerprint density at radius 2 is 2.06 bits per heavy atom. The minimum atomic E-state index is 0.227. The van der Waals surface area contributed by atoms with Crippen molar-refractivity contribution in [3.63, 3.8) is 0 Å². The number of aromatic nitrogens is 4. The lowest BCUT2D eigenvalue weighted by molar-refractivity contribution is -0.118. The molecule has 1 aliphatic heterocycles. The molecule has 0 saturated heterocycles. The molecule has 0 atom stereocenters. The van der Waals surface area contributed by atoms with Crippen LogP contribution in [0.5, 0.6) is 0 Å². The van der Waals surface area contributed by atoms with Crippen molar-refractivity contribution in [2.75, 3.05) is 11.9 Å². The number of hydrogen-bond donors (Lipinski definition) is 1. The Morgan fingerprint density at radius 1 is 1.29 bits per heavy atom. The first-order chi connectivity index (χ1) is 15.0. The number of anilines is 2. The fourth-order valence-electron chi connectivity index (χ4n) is 3.75. The Hall–Kier alpha value is -3.60. The van der Waals surface area contributed by atoms with Crippen molar-refractivity contribution in [3.05, 3.63) is 47.4 Å². The Morgan fingerprint density at radius 3 is 2.68 bits per heavy atom. The molecular weight excluding hydrogens is 390 g/mol. The number of rotatable bonds is 5. The summed E-state index contributed by atoms with van der Waals surface area (Å²) >= 11 is 0. The van der Waals surface area contributed by atoms with E-state index in [1.165, 1.54) is 0 Å². The van der Waals surface area contributed by atoms with Gasteiger partial charge in [-0.15, -0.1) is 0 Å². The number of carbonyl (C=O) groups excluding carboxylic acids is 1. The molecule has 1 aromatic carbocycles. The van der Waals surface area contributed by atoms with Gasteiger partial charge >= 0.3 is 0 Å². The van der Waals surface area contributed by atoms with Gasteiger partial charge in [0.1, 0.15) is 0 Å². The van der Waals surface area contributed by atoms with E-state index in [0.29, 0.717) is 18.7 Å². The summed E-state index contributed by atoms with van der Waals surface area (Å²) in [6, 6.07) is 8.18. The Balaban J connectivity index is 0.00000132. The van der Waals surface area contributed by atoms with Gasteiger partial charge in [0.15, 0.2) is 5.82 Å². The zero-order chi connectivity index (χ0) is 22.5. The van der Waals surface area contributed by atoms with Crippen molar-refractivity contribution in [3.8, 4) is 17.2 Å². The maximum atomic E-state index is 11.3. The largest absolute Gasteiger partial charge is 0.340 e. The molecule has 0 radical (unpaired) electrons. The van der Waals surface area contributed by atoms with E-state index in [2.05, 4.69) is 30.3 Å². The average molecular weight is 420 g/mol. The number of carbonyl (C=O) groups is 1. The second kappa shape index (κ2) is 9.47. The lowest BCUT2D eigenvalue weighted by atomic mass is 10.0. The summed E-state index contributed by atoms with van der Waals surface area (Å²) in [5.74, 6) is 0.735. The molecule has 1 N–H and O–H groups in total. The fraction of sp³-hybridized carbons (Fsp3) is 0.391. The molecule has 0 aliphatic carbocycles. The van der Waals surface area contributed by atoms with Crippen LogP contribution in [0.1, 0.15) is 50.6 Å². The predicted octanol–water partition coefficient (Wildman–Crippen LogP) is 4.02. The van der Waals surface area contributed by atoms with Crippen molar-refractivity contribution in [1.29, 1.82) is 5.26 Å². The number of nitriles is 1. The van der Waals surface area contributed by atoms with Crippen LogP contribution in [0.2, 0.25) is 0 Å². The van der Waals surface area contributed by atoms with E-state index in [0.717, 1.165) is 46.7 Å². The van der Waals surface area contributed by atoms with E-state index in [9.17, 15) is 10.1 Å². The van der Waals surface area contributed by atoms with Crippen molar-refractivity contribution < 1.29 is 4.79 Å². The number of nitrogens with one attached hydrogen (secondary N) is 1. The molecule has 3 heterocycles. The highest BCUT2D eigenvalue weighted by molar-refractivity contribution is 5.74. The Kier molecular flexibility index (Phi) is 6.75. The molecule has 0 fully saturated rings. The van der Waals surface area contributed by atoms with Crippen molar-refractivity contribution in [1.82, 2.24) is 24.5 Å². The van der Waals surface area contributed by atoms with Crippen LogP contribution in [0.25, 0.3) is 11.1 Å². The van der Waals surface area contributed by atoms with Gasteiger partial charge in [0.25, 0.3) is 0 Å². The van der Waals surface area contributed by atoms with Crippen LogP contribution >= 0.6 is 0 Å². The van der Waals surface area contributed by atoms with Crippen LogP contribution in [0.3, 0.4) is 0 Å². The third kappa shape index (κ3) is 4.45. The number of fused-ring (bicyclic) bond motifs is 1. The molecule has 162 valence electrons. The number of benzene rings is 1. The fourth-order valence-corrected chi connectivity index (χ4v) is 3.75. The third-order valence-corrected chi connectivity index (χ3v) is 5.17. The number of amides is 1. The summed E-state index contributed by atoms with van der Waals surface area (Å²) < 4.78 is 3.74. The highest BCUT2D eigenvalue weighted by atomic mass is 16.1. The Bertz CT molecular complexity index is 1100. The van der Waals surface area contributed by atoms with E-state index < -0.39 is 0 Å². The van der Waals surface area contributed by atoms with Crippen LogP contribution < -0.4 is 5.32 Å². The first-order valence-corrected chi connectivity index (χ1v) is 10.6. The first kappa shape index (κ1) is 22.1. The smallest absolute Gasteiger partial charge is 0.210 e. The van der Waals surface area contributed by atoms with E-state index in [-0.39, 0.29) is 6.04 Å². The second-order valence-electron chi connectivity index (χ2n) is 7.54. The van der Waals surface area contributed by atoms with Gasteiger partial charge in [-0.2, -0.15) is 15.5 Å². The van der Waals surface area contributed by atoms with Gasteiger partial charge in [0.05, 0.1) is 24.4 Å². The minimum absolute atomic E-state index is 0.227. The number of aryl methyl sites for hydroxylation is 1. The molecule has 31 heavy (non-hydrogen) atoms. The summed E-state index contributed by atoms with van der Waals surface area (Å²) in [4.78, 5) is 13.0.